The van der Waals surface area contributed by atoms with E-state index >= 15 is 0 Å². The fraction of sp³-hybridized carbons (Fsp3) is 0.458. The molecule has 3 rings (SSSR count). The van der Waals surface area contributed by atoms with Gasteiger partial charge in [-0.3, -0.25) is 9.10 Å². The first-order valence-corrected chi connectivity index (χ1v) is 12.9. The van der Waals surface area contributed by atoms with Crippen molar-refractivity contribution >= 4 is 27.3 Å². The molecule has 1 saturated heterocycles. The fourth-order valence-electron chi connectivity index (χ4n) is 4.04. The minimum Gasteiger partial charge on any atom is -0.371 e. The minimum absolute atomic E-state index is 0.00130. The van der Waals surface area contributed by atoms with Crippen LogP contribution in [0.5, 0.6) is 0 Å². The fourth-order valence-corrected chi connectivity index (χ4v) is 5.01. The molecule has 1 aliphatic heterocycles. The molecule has 174 valence electrons. The van der Waals surface area contributed by atoms with Crippen molar-refractivity contribution in [3.8, 4) is 0 Å². The number of carbonyl (C=O) groups excluding carboxylic acids is 1. The van der Waals surface area contributed by atoms with Crippen LogP contribution in [0.15, 0.2) is 48.5 Å². The first-order chi connectivity index (χ1) is 15.2. The summed E-state index contributed by atoms with van der Waals surface area (Å²) in [5.74, 6) is -0.0644. The van der Waals surface area contributed by atoms with Gasteiger partial charge in [-0.2, -0.15) is 0 Å². The Morgan fingerprint density at radius 2 is 1.91 bits per heavy atom. The Bertz CT molecular complexity index is 1010. The maximum atomic E-state index is 14.0. The first-order valence-electron chi connectivity index (χ1n) is 11.1. The van der Waals surface area contributed by atoms with Gasteiger partial charge in [0, 0.05) is 38.3 Å². The molecular formula is C24H32FN3O3S. The Labute approximate surface area is 190 Å². The third-order valence-corrected chi connectivity index (χ3v) is 6.91. The quantitative estimate of drug-likeness (QED) is 0.614. The standard InChI is InChI=1S/C24H32FN3O3S/c1-19-7-5-15-27(18-19)21-13-11-20(12-14-21)17-26-24(29)10-6-16-28(32(2,30)31)23-9-4-3-8-22(23)25/h3-4,8-9,11-14,19H,5-7,10,15-18H2,1-2H3,(H,26,29). The van der Waals surface area contributed by atoms with Crippen molar-refractivity contribution < 1.29 is 17.6 Å². The van der Waals surface area contributed by atoms with Crippen LogP contribution >= 0.6 is 0 Å². The van der Waals surface area contributed by atoms with Crippen LogP contribution in [0.3, 0.4) is 0 Å². The van der Waals surface area contributed by atoms with Crippen LogP contribution < -0.4 is 14.5 Å². The van der Waals surface area contributed by atoms with Gasteiger partial charge < -0.3 is 10.2 Å². The van der Waals surface area contributed by atoms with Crippen molar-refractivity contribution in [2.24, 2.45) is 5.92 Å². The zero-order valence-electron chi connectivity index (χ0n) is 18.8. The summed E-state index contributed by atoms with van der Waals surface area (Å²) in [5.41, 5.74) is 2.22. The van der Waals surface area contributed by atoms with Crippen LogP contribution in [0, 0.1) is 11.7 Å². The molecule has 0 radical (unpaired) electrons. The van der Waals surface area contributed by atoms with E-state index in [1.54, 1.807) is 6.07 Å². The number of rotatable bonds is 9. The van der Waals surface area contributed by atoms with Gasteiger partial charge in [0.25, 0.3) is 0 Å². The third-order valence-electron chi connectivity index (χ3n) is 5.73. The first kappa shape index (κ1) is 24.0. The van der Waals surface area contributed by atoms with E-state index in [1.807, 2.05) is 12.1 Å². The van der Waals surface area contributed by atoms with Crippen molar-refractivity contribution in [2.45, 2.75) is 39.2 Å². The molecule has 0 spiro atoms. The molecule has 2 aromatic carbocycles. The van der Waals surface area contributed by atoms with Crippen LogP contribution in [-0.2, 0) is 21.4 Å². The highest BCUT2D eigenvalue weighted by Crippen LogP contribution is 2.24. The predicted octanol–water partition coefficient (Wildman–Crippen LogP) is 3.92. The summed E-state index contributed by atoms with van der Waals surface area (Å²) < 4.78 is 39.2. The van der Waals surface area contributed by atoms with Gasteiger partial charge in [0.1, 0.15) is 5.82 Å². The van der Waals surface area contributed by atoms with Gasteiger partial charge in [0.2, 0.25) is 15.9 Å². The summed E-state index contributed by atoms with van der Waals surface area (Å²) in [4.78, 5) is 14.6. The second-order valence-corrected chi connectivity index (χ2v) is 10.4. The topological polar surface area (TPSA) is 69.7 Å². The van der Waals surface area contributed by atoms with Crippen LogP contribution in [0.1, 0.15) is 38.2 Å². The summed E-state index contributed by atoms with van der Waals surface area (Å²) in [7, 11) is -3.65. The number of halogens is 1. The van der Waals surface area contributed by atoms with Gasteiger partial charge in [0.15, 0.2) is 0 Å². The lowest BCUT2D eigenvalue weighted by atomic mass is 9.99. The van der Waals surface area contributed by atoms with Gasteiger partial charge in [-0.15, -0.1) is 0 Å². The summed E-state index contributed by atoms with van der Waals surface area (Å²) in [6, 6.07) is 14.0. The van der Waals surface area contributed by atoms with Gasteiger partial charge in [0.05, 0.1) is 11.9 Å². The Morgan fingerprint density at radius 3 is 2.56 bits per heavy atom. The number of hydrogen-bond acceptors (Lipinski definition) is 4. The summed E-state index contributed by atoms with van der Waals surface area (Å²) in [6.45, 7) is 4.89. The molecule has 2 aromatic rings. The highest BCUT2D eigenvalue weighted by Gasteiger charge is 2.20. The van der Waals surface area contributed by atoms with E-state index in [4.69, 9.17) is 0 Å². The van der Waals surface area contributed by atoms with Gasteiger partial charge >= 0.3 is 0 Å². The molecule has 1 heterocycles. The molecular weight excluding hydrogens is 429 g/mol. The van der Waals surface area contributed by atoms with Crippen molar-refractivity contribution in [3.05, 3.63) is 59.9 Å². The lowest BCUT2D eigenvalue weighted by Crippen LogP contribution is -2.34. The van der Waals surface area contributed by atoms with E-state index in [1.165, 1.54) is 36.7 Å². The van der Waals surface area contributed by atoms with Gasteiger partial charge in [-0.05, 0) is 55.0 Å². The molecule has 1 aliphatic rings. The summed E-state index contributed by atoms with van der Waals surface area (Å²) >= 11 is 0. The lowest BCUT2D eigenvalue weighted by molar-refractivity contribution is -0.121. The predicted molar refractivity (Wildman–Crippen MR) is 127 cm³/mol. The zero-order chi connectivity index (χ0) is 23.1. The highest BCUT2D eigenvalue weighted by atomic mass is 32.2. The highest BCUT2D eigenvalue weighted by molar-refractivity contribution is 7.92. The smallest absolute Gasteiger partial charge is 0.232 e. The van der Waals surface area contributed by atoms with E-state index < -0.39 is 15.8 Å². The molecule has 1 fully saturated rings. The Balaban J connectivity index is 1.47. The van der Waals surface area contributed by atoms with E-state index in [0.717, 1.165) is 29.2 Å². The molecule has 8 heteroatoms. The average Bonchev–Trinajstić information content (AvgIpc) is 2.75. The number of sulfonamides is 1. The molecule has 0 bridgehead atoms. The normalized spacial score (nSPS) is 16.6. The SMILES string of the molecule is CC1CCCN(c2ccc(CNC(=O)CCCN(c3ccccc3F)S(C)(=O)=O)cc2)C1. The van der Waals surface area contributed by atoms with E-state index in [0.29, 0.717) is 18.9 Å². The third kappa shape index (κ3) is 6.69. The Hall–Kier alpha value is -2.61. The number of nitrogens with zero attached hydrogens (tertiary/aromatic N) is 2. The minimum atomic E-state index is -3.65. The lowest BCUT2D eigenvalue weighted by Gasteiger charge is -2.32. The number of carbonyl (C=O) groups is 1. The Kier molecular flexibility index (Phi) is 8.12. The largest absolute Gasteiger partial charge is 0.371 e. The van der Waals surface area contributed by atoms with Crippen LogP contribution in [0.25, 0.3) is 0 Å². The number of nitrogens with one attached hydrogen (secondary N) is 1. The van der Waals surface area contributed by atoms with Gasteiger partial charge in [-0.1, -0.05) is 31.2 Å². The second kappa shape index (κ2) is 10.8. The summed E-state index contributed by atoms with van der Waals surface area (Å²) in [5, 5.41) is 2.87. The zero-order valence-corrected chi connectivity index (χ0v) is 19.6. The van der Waals surface area contributed by atoms with Crippen molar-refractivity contribution in [2.75, 3.05) is 35.1 Å². The maximum Gasteiger partial charge on any atom is 0.232 e. The van der Waals surface area contributed by atoms with Crippen LogP contribution in [0.2, 0.25) is 0 Å². The van der Waals surface area contributed by atoms with Gasteiger partial charge in [-0.25, -0.2) is 12.8 Å². The number of hydrogen-bond donors (Lipinski definition) is 1. The molecule has 1 unspecified atom stereocenters. The molecule has 0 aliphatic carbocycles. The number of anilines is 2. The van der Waals surface area contributed by atoms with E-state index in [9.17, 15) is 17.6 Å². The molecule has 1 atom stereocenters. The molecule has 0 saturated carbocycles. The number of piperidine rings is 1. The number of amides is 1. The number of para-hydroxylation sites is 1. The average molecular weight is 462 g/mol. The molecule has 32 heavy (non-hydrogen) atoms. The number of benzene rings is 2. The van der Waals surface area contributed by atoms with Crippen molar-refractivity contribution in [1.82, 2.24) is 5.32 Å². The van der Waals surface area contributed by atoms with Crippen molar-refractivity contribution in [3.63, 3.8) is 0 Å². The molecule has 0 aromatic heterocycles. The monoisotopic (exact) mass is 461 g/mol. The molecule has 1 amide bonds. The second-order valence-electron chi connectivity index (χ2n) is 8.53. The van der Waals surface area contributed by atoms with Crippen LogP contribution in [0.4, 0.5) is 15.8 Å². The van der Waals surface area contributed by atoms with Crippen LogP contribution in [-0.4, -0.2) is 40.2 Å². The summed E-state index contributed by atoms with van der Waals surface area (Å²) in [6.07, 6.45) is 3.98. The molecule has 1 N–H and O–H groups in total. The van der Waals surface area contributed by atoms with E-state index in [2.05, 4.69) is 29.3 Å². The maximum absolute atomic E-state index is 14.0. The van der Waals surface area contributed by atoms with Crippen molar-refractivity contribution in [1.29, 1.82) is 0 Å². The Morgan fingerprint density at radius 1 is 1.19 bits per heavy atom. The molecule has 6 nitrogen and oxygen atoms in total. The van der Waals surface area contributed by atoms with E-state index in [-0.39, 0.29) is 24.6 Å².